The summed E-state index contributed by atoms with van der Waals surface area (Å²) in [5, 5.41) is 0.691. The number of aromatic nitrogens is 2. The molecule has 0 N–H and O–H groups in total. The molecule has 0 saturated carbocycles. The average molecular weight is 292 g/mol. The van der Waals surface area contributed by atoms with E-state index in [9.17, 15) is 4.79 Å². The van der Waals surface area contributed by atoms with Gasteiger partial charge in [-0.1, -0.05) is 24.9 Å². The number of carbonyl (C=O) groups is 1. The van der Waals surface area contributed by atoms with Gasteiger partial charge in [0.05, 0.1) is 24.0 Å². The number of amides is 1. The van der Waals surface area contributed by atoms with Gasteiger partial charge >= 0.3 is 0 Å². The molecule has 20 heavy (non-hydrogen) atoms. The van der Waals surface area contributed by atoms with E-state index in [1.807, 2.05) is 27.7 Å². The van der Waals surface area contributed by atoms with Gasteiger partial charge in [-0.15, -0.1) is 0 Å². The minimum Gasteiger partial charge on any atom is -0.324 e. The Bertz CT molecular complexity index is 637. The van der Waals surface area contributed by atoms with Crippen molar-refractivity contribution in [2.45, 2.75) is 32.9 Å². The molecule has 1 aliphatic rings. The number of fused-ring (bicyclic) bond motifs is 1. The fraction of sp³-hybridized carbons (Fsp3) is 0.467. The molecular formula is C15H18ClN3O. The van der Waals surface area contributed by atoms with E-state index >= 15 is 0 Å². The van der Waals surface area contributed by atoms with Crippen molar-refractivity contribution in [1.29, 1.82) is 0 Å². The molecule has 0 bridgehead atoms. The van der Waals surface area contributed by atoms with Crippen LogP contribution in [0.4, 0.5) is 0 Å². The molecule has 5 heteroatoms. The number of carbonyl (C=O) groups excluding carboxylic acids is 1. The van der Waals surface area contributed by atoms with E-state index in [0.717, 1.165) is 30.4 Å². The van der Waals surface area contributed by atoms with Crippen LogP contribution in [0.15, 0.2) is 24.5 Å². The number of imidazole rings is 1. The molecule has 1 atom stereocenters. The van der Waals surface area contributed by atoms with Gasteiger partial charge in [-0.05, 0) is 30.5 Å². The van der Waals surface area contributed by atoms with Crippen molar-refractivity contribution in [2.24, 2.45) is 5.92 Å². The van der Waals surface area contributed by atoms with Gasteiger partial charge in [0, 0.05) is 18.0 Å². The lowest BCUT2D eigenvalue weighted by Gasteiger charge is -2.17. The SMILES string of the molecule is CCCC1CC(=O)N(Cn2cnc3ccc(Cl)cc32)C1. The molecule has 1 aromatic heterocycles. The quantitative estimate of drug-likeness (QED) is 0.867. The zero-order valence-electron chi connectivity index (χ0n) is 11.6. The minimum absolute atomic E-state index is 0.243. The smallest absolute Gasteiger partial charge is 0.224 e. The zero-order valence-corrected chi connectivity index (χ0v) is 12.3. The van der Waals surface area contributed by atoms with Crippen molar-refractivity contribution in [1.82, 2.24) is 14.5 Å². The van der Waals surface area contributed by atoms with Crippen LogP contribution < -0.4 is 0 Å². The molecule has 1 amide bonds. The van der Waals surface area contributed by atoms with E-state index in [1.165, 1.54) is 0 Å². The topological polar surface area (TPSA) is 38.1 Å². The minimum atomic E-state index is 0.243. The molecule has 1 saturated heterocycles. The van der Waals surface area contributed by atoms with E-state index in [-0.39, 0.29) is 5.91 Å². The van der Waals surface area contributed by atoms with Crippen LogP contribution in [0.25, 0.3) is 11.0 Å². The first-order valence-corrected chi connectivity index (χ1v) is 7.43. The molecule has 2 heterocycles. The molecule has 1 unspecified atom stereocenters. The normalized spacial score (nSPS) is 19.2. The Morgan fingerprint density at radius 3 is 3.10 bits per heavy atom. The molecule has 0 spiro atoms. The van der Waals surface area contributed by atoms with Gasteiger partial charge in [0.2, 0.25) is 5.91 Å². The number of likely N-dealkylation sites (tertiary alicyclic amines) is 1. The van der Waals surface area contributed by atoms with Crippen molar-refractivity contribution in [2.75, 3.05) is 6.54 Å². The largest absolute Gasteiger partial charge is 0.324 e. The van der Waals surface area contributed by atoms with Crippen molar-refractivity contribution in [3.05, 3.63) is 29.5 Å². The second-order valence-corrected chi connectivity index (χ2v) is 5.90. The third-order valence-electron chi connectivity index (χ3n) is 3.90. The zero-order chi connectivity index (χ0) is 14.1. The fourth-order valence-electron chi connectivity index (χ4n) is 2.92. The second kappa shape index (κ2) is 5.44. The van der Waals surface area contributed by atoms with Crippen LogP contribution in [0.2, 0.25) is 5.02 Å². The second-order valence-electron chi connectivity index (χ2n) is 5.46. The summed E-state index contributed by atoms with van der Waals surface area (Å²) in [6.07, 6.45) is 4.72. The number of hydrogen-bond donors (Lipinski definition) is 0. The first kappa shape index (κ1) is 13.4. The van der Waals surface area contributed by atoms with Crippen LogP contribution in [-0.4, -0.2) is 26.9 Å². The fourth-order valence-corrected chi connectivity index (χ4v) is 3.09. The summed E-state index contributed by atoms with van der Waals surface area (Å²) >= 11 is 6.04. The third-order valence-corrected chi connectivity index (χ3v) is 4.13. The molecule has 1 fully saturated rings. The first-order chi connectivity index (χ1) is 9.67. The van der Waals surface area contributed by atoms with E-state index < -0.39 is 0 Å². The molecule has 3 rings (SSSR count). The highest BCUT2D eigenvalue weighted by atomic mass is 35.5. The maximum atomic E-state index is 12.1. The number of hydrogen-bond acceptors (Lipinski definition) is 2. The summed E-state index contributed by atoms with van der Waals surface area (Å²) in [5.41, 5.74) is 1.88. The van der Waals surface area contributed by atoms with E-state index in [1.54, 1.807) is 6.33 Å². The summed E-state index contributed by atoms with van der Waals surface area (Å²) in [6.45, 7) is 3.58. The Balaban J connectivity index is 1.80. The van der Waals surface area contributed by atoms with Crippen LogP contribution in [0, 0.1) is 5.92 Å². The van der Waals surface area contributed by atoms with Crippen molar-refractivity contribution in [3.8, 4) is 0 Å². The number of benzene rings is 1. The van der Waals surface area contributed by atoms with E-state index in [0.29, 0.717) is 24.0 Å². The Labute approximate surface area is 123 Å². The van der Waals surface area contributed by atoms with Crippen LogP contribution in [-0.2, 0) is 11.5 Å². The molecule has 2 aromatic rings. The highest BCUT2D eigenvalue weighted by Crippen LogP contribution is 2.24. The monoisotopic (exact) mass is 291 g/mol. The summed E-state index contributed by atoms with van der Waals surface area (Å²) in [4.78, 5) is 18.3. The van der Waals surface area contributed by atoms with Crippen molar-refractivity contribution < 1.29 is 4.79 Å². The summed E-state index contributed by atoms with van der Waals surface area (Å²) in [6, 6.07) is 5.63. The number of halogens is 1. The maximum absolute atomic E-state index is 12.1. The Hall–Kier alpha value is -1.55. The standard InChI is InChI=1S/C15H18ClN3O/c1-2-3-11-6-15(20)18(8-11)10-19-9-17-13-5-4-12(16)7-14(13)19/h4-5,7,9,11H,2-3,6,8,10H2,1H3. The Morgan fingerprint density at radius 1 is 1.45 bits per heavy atom. The van der Waals surface area contributed by atoms with Crippen molar-refractivity contribution >= 4 is 28.5 Å². The third kappa shape index (κ3) is 2.52. The summed E-state index contributed by atoms with van der Waals surface area (Å²) in [5.74, 6) is 0.748. The Morgan fingerprint density at radius 2 is 2.30 bits per heavy atom. The van der Waals surface area contributed by atoms with Crippen LogP contribution in [0.3, 0.4) is 0 Å². The summed E-state index contributed by atoms with van der Waals surface area (Å²) in [7, 11) is 0. The van der Waals surface area contributed by atoms with Crippen molar-refractivity contribution in [3.63, 3.8) is 0 Å². The van der Waals surface area contributed by atoms with Gasteiger partial charge in [-0.3, -0.25) is 4.79 Å². The molecule has 4 nitrogen and oxygen atoms in total. The molecule has 0 aliphatic carbocycles. The first-order valence-electron chi connectivity index (χ1n) is 7.05. The van der Waals surface area contributed by atoms with E-state index in [4.69, 9.17) is 11.6 Å². The van der Waals surface area contributed by atoms with Gasteiger partial charge in [0.1, 0.15) is 0 Å². The molecule has 1 aliphatic heterocycles. The van der Waals surface area contributed by atoms with Crippen LogP contribution >= 0.6 is 11.6 Å². The number of nitrogens with zero attached hydrogens (tertiary/aromatic N) is 3. The lowest BCUT2D eigenvalue weighted by molar-refractivity contribution is -0.129. The predicted molar refractivity (Wildman–Crippen MR) is 79.5 cm³/mol. The average Bonchev–Trinajstić information content (AvgIpc) is 2.95. The summed E-state index contributed by atoms with van der Waals surface area (Å²) < 4.78 is 1.99. The molecule has 0 radical (unpaired) electrons. The highest BCUT2D eigenvalue weighted by Gasteiger charge is 2.29. The maximum Gasteiger partial charge on any atom is 0.224 e. The molecule has 106 valence electrons. The van der Waals surface area contributed by atoms with Gasteiger partial charge in [-0.2, -0.15) is 0 Å². The lowest BCUT2D eigenvalue weighted by Crippen LogP contribution is -2.27. The van der Waals surface area contributed by atoms with E-state index in [2.05, 4.69) is 11.9 Å². The highest BCUT2D eigenvalue weighted by molar-refractivity contribution is 6.31. The molecule has 1 aromatic carbocycles. The lowest BCUT2D eigenvalue weighted by atomic mass is 10.0. The van der Waals surface area contributed by atoms with Crippen LogP contribution in [0.5, 0.6) is 0 Å². The predicted octanol–water partition coefficient (Wildman–Crippen LogP) is 3.30. The van der Waals surface area contributed by atoms with Crippen LogP contribution in [0.1, 0.15) is 26.2 Å². The van der Waals surface area contributed by atoms with Gasteiger partial charge in [-0.25, -0.2) is 4.98 Å². The number of rotatable bonds is 4. The Kier molecular flexibility index (Phi) is 3.66. The van der Waals surface area contributed by atoms with Gasteiger partial charge in [0.25, 0.3) is 0 Å². The van der Waals surface area contributed by atoms with Gasteiger partial charge < -0.3 is 9.47 Å². The van der Waals surface area contributed by atoms with Gasteiger partial charge in [0.15, 0.2) is 0 Å². The molecular weight excluding hydrogens is 274 g/mol.